The monoisotopic (exact) mass is 487 g/mol. The molecule has 0 aliphatic carbocycles. The number of nitrogens with one attached hydrogen (secondary N) is 2. The van der Waals surface area contributed by atoms with Crippen LogP contribution in [0.3, 0.4) is 0 Å². The largest absolute Gasteiger partial charge is 0.427 e. The topological polar surface area (TPSA) is 122 Å². The van der Waals surface area contributed by atoms with Gasteiger partial charge in [-0.2, -0.15) is 0 Å². The summed E-state index contributed by atoms with van der Waals surface area (Å²) < 4.78 is 5.59. The predicted molar refractivity (Wildman–Crippen MR) is 113 cm³/mol. The van der Waals surface area contributed by atoms with Crippen LogP contribution in [0.4, 0.5) is 0 Å². The first-order valence-corrected chi connectivity index (χ1v) is 10.0. The molecular formula is C21H18BrN3O6. The molecule has 1 aliphatic heterocycles. The molecule has 9 nitrogen and oxygen atoms in total. The van der Waals surface area contributed by atoms with Crippen molar-refractivity contribution >= 4 is 45.5 Å². The van der Waals surface area contributed by atoms with Gasteiger partial charge < -0.3 is 15.4 Å². The van der Waals surface area contributed by atoms with Crippen molar-refractivity contribution in [3.63, 3.8) is 0 Å². The number of halogens is 1. The fourth-order valence-corrected chi connectivity index (χ4v) is 3.31. The number of fused-ring (bicyclic) bond motifs is 1. The standard InChI is InChI=1S/C21H18BrN3O6/c1-12(26)31-15-4-2-3-13(9-15)19(28)24-8-7-23-18(27)11-25-20(29)16-6-5-14(22)10-17(16)21(25)30/h2-6,9-10H,7-8,11H2,1H3,(H,23,27)(H,24,28). The highest BCUT2D eigenvalue weighted by molar-refractivity contribution is 9.10. The molecule has 2 aromatic carbocycles. The van der Waals surface area contributed by atoms with Crippen LogP contribution >= 0.6 is 15.9 Å². The second kappa shape index (κ2) is 9.52. The first-order valence-electron chi connectivity index (χ1n) is 9.25. The average Bonchev–Trinajstić information content (AvgIpc) is 2.95. The fourth-order valence-electron chi connectivity index (χ4n) is 2.95. The van der Waals surface area contributed by atoms with Crippen molar-refractivity contribution in [2.75, 3.05) is 19.6 Å². The number of nitrogens with zero attached hydrogens (tertiary/aromatic N) is 1. The Kier molecular flexibility index (Phi) is 6.81. The molecule has 4 amide bonds. The maximum atomic E-state index is 12.4. The molecule has 1 aliphatic rings. The SMILES string of the molecule is CC(=O)Oc1cccc(C(=O)NCCNC(=O)CN2C(=O)c3ccc(Br)cc3C2=O)c1. The van der Waals surface area contributed by atoms with E-state index in [1.165, 1.54) is 19.1 Å². The van der Waals surface area contributed by atoms with Gasteiger partial charge in [0.25, 0.3) is 17.7 Å². The molecule has 0 radical (unpaired) electrons. The number of benzene rings is 2. The van der Waals surface area contributed by atoms with Crippen molar-refractivity contribution in [2.45, 2.75) is 6.92 Å². The highest BCUT2D eigenvalue weighted by Crippen LogP contribution is 2.25. The van der Waals surface area contributed by atoms with Crippen molar-refractivity contribution in [1.82, 2.24) is 15.5 Å². The van der Waals surface area contributed by atoms with Crippen molar-refractivity contribution in [3.05, 3.63) is 63.6 Å². The van der Waals surface area contributed by atoms with Gasteiger partial charge in [-0.15, -0.1) is 0 Å². The molecule has 2 aromatic rings. The van der Waals surface area contributed by atoms with Crippen molar-refractivity contribution in [1.29, 1.82) is 0 Å². The quantitative estimate of drug-likeness (QED) is 0.264. The van der Waals surface area contributed by atoms with Crippen LogP contribution in [0.1, 0.15) is 38.0 Å². The molecule has 160 valence electrons. The fraction of sp³-hybridized carbons (Fsp3) is 0.190. The summed E-state index contributed by atoms with van der Waals surface area (Å²) in [5, 5.41) is 5.17. The van der Waals surface area contributed by atoms with E-state index in [0.29, 0.717) is 10.0 Å². The van der Waals surface area contributed by atoms with Gasteiger partial charge in [0.1, 0.15) is 12.3 Å². The highest BCUT2D eigenvalue weighted by atomic mass is 79.9. The summed E-state index contributed by atoms with van der Waals surface area (Å²) in [7, 11) is 0. The summed E-state index contributed by atoms with van der Waals surface area (Å²) in [5.41, 5.74) is 0.793. The number of rotatable bonds is 7. The number of amides is 4. The van der Waals surface area contributed by atoms with Gasteiger partial charge in [-0.3, -0.25) is 28.9 Å². The zero-order valence-corrected chi connectivity index (χ0v) is 18.0. The van der Waals surface area contributed by atoms with E-state index in [4.69, 9.17) is 4.74 Å². The second-order valence-electron chi connectivity index (χ2n) is 6.61. The molecule has 2 N–H and O–H groups in total. The van der Waals surface area contributed by atoms with E-state index in [-0.39, 0.29) is 30.0 Å². The molecule has 0 fully saturated rings. The minimum Gasteiger partial charge on any atom is -0.427 e. The molecule has 0 bridgehead atoms. The lowest BCUT2D eigenvalue weighted by Crippen LogP contribution is -2.42. The first-order chi connectivity index (χ1) is 14.8. The van der Waals surface area contributed by atoms with Gasteiger partial charge >= 0.3 is 5.97 Å². The summed E-state index contributed by atoms with van der Waals surface area (Å²) >= 11 is 3.25. The summed E-state index contributed by atoms with van der Waals surface area (Å²) in [6.07, 6.45) is 0. The van der Waals surface area contributed by atoms with Crippen molar-refractivity contribution < 1.29 is 28.7 Å². The Morgan fingerprint density at radius 1 is 0.968 bits per heavy atom. The minimum atomic E-state index is -0.530. The molecule has 31 heavy (non-hydrogen) atoms. The molecule has 0 aromatic heterocycles. The number of imide groups is 1. The molecule has 0 unspecified atom stereocenters. The minimum absolute atomic E-state index is 0.100. The van der Waals surface area contributed by atoms with E-state index in [1.54, 1.807) is 30.3 Å². The molecular weight excluding hydrogens is 470 g/mol. The summed E-state index contributed by atoms with van der Waals surface area (Å²) in [5.74, 6) is -2.23. The lowest BCUT2D eigenvalue weighted by molar-refractivity contribution is -0.131. The predicted octanol–water partition coefficient (Wildman–Crippen LogP) is 1.52. The van der Waals surface area contributed by atoms with Gasteiger partial charge in [0.2, 0.25) is 5.91 Å². The van der Waals surface area contributed by atoms with E-state index in [9.17, 15) is 24.0 Å². The van der Waals surface area contributed by atoms with Gasteiger partial charge in [0, 0.05) is 30.0 Å². The number of carbonyl (C=O) groups excluding carboxylic acids is 5. The number of carbonyl (C=O) groups is 5. The lowest BCUT2D eigenvalue weighted by atomic mass is 10.1. The van der Waals surface area contributed by atoms with Crippen LogP contribution in [0.15, 0.2) is 46.9 Å². The Morgan fingerprint density at radius 3 is 2.42 bits per heavy atom. The molecule has 0 saturated heterocycles. The van der Waals surface area contributed by atoms with Crippen LogP contribution in [-0.4, -0.2) is 54.1 Å². The smallest absolute Gasteiger partial charge is 0.308 e. The van der Waals surface area contributed by atoms with E-state index >= 15 is 0 Å². The van der Waals surface area contributed by atoms with E-state index in [0.717, 1.165) is 4.90 Å². The molecule has 3 rings (SSSR count). The highest BCUT2D eigenvalue weighted by Gasteiger charge is 2.36. The van der Waals surface area contributed by atoms with Gasteiger partial charge in [0.15, 0.2) is 0 Å². The summed E-state index contributed by atoms with van der Waals surface area (Å²) in [6, 6.07) is 10.8. The normalized spacial score (nSPS) is 12.4. The lowest BCUT2D eigenvalue weighted by Gasteiger charge is -2.14. The van der Waals surface area contributed by atoms with Gasteiger partial charge in [-0.25, -0.2) is 0 Å². The number of ether oxygens (including phenoxy) is 1. The Hall–Kier alpha value is -3.53. The van der Waals surface area contributed by atoms with Crippen LogP contribution < -0.4 is 15.4 Å². The Morgan fingerprint density at radius 2 is 1.68 bits per heavy atom. The second-order valence-corrected chi connectivity index (χ2v) is 7.53. The molecule has 10 heteroatoms. The van der Waals surface area contributed by atoms with E-state index in [2.05, 4.69) is 26.6 Å². The third-order valence-corrected chi connectivity index (χ3v) is 4.82. The molecule has 0 saturated carbocycles. The van der Waals surface area contributed by atoms with Crippen LogP contribution in [0.5, 0.6) is 5.75 Å². The van der Waals surface area contributed by atoms with Crippen LogP contribution in [0.25, 0.3) is 0 Å². The van der Waals surface area contributed by atoms with Crippen molar-refractivity contribution in [2.24, 2.45) is 0 Å². The third kappa shape index (κ3) is 5.34. The third-order valence-electron chi connectivity index (χ3n) is 4.32. The van der Waals surface area contributed by atoms with Crippen LogP contribution in [0, 0.1) is 0 Å². The van der Waals surface area contributed by atoms with E-state index < -0.39 is 36.1 Å². The van der Waals surface area contributed by atoms with Crippen LogP contribution in [0.2, 0.25) is 0 Å². The Bertz CT molecular complexity index is 1080. The Balaban J connectivity index is 1.46. The van der Waals surface area contributed by atoms with Crippen LogP contribution in [-0.2, 0) is 9.59 Å². The van der Waals surface area contributed by atoms with Gasteiger partial charge in [-0.1, -0.05) is 22.0 Å². The first kappa shape index (κ1) is 22.2. The number of hydrogen-bond donors (Lipinski definition) is 2. The molecule has 0 spiro atoms. The molecule has 0 atom stereocenters. The number of hydrogen-bond acceptors (Lipinski definition) is 6. The Labute approximate surface area is 185 Å². The summed E-state index contributed by atoms with van der Waals surface area (Å²) in [4.78, 5) is 60.9. The zero-order chi connectivity index (χ0) is 22.5. The summed E-state index contributed by atoms with van der Waals surface area (Å²) in [6.45, 7) is 1.07. The van der Waals surface area contributed by atoms with Gasteiger partial charge in [0.05, 0.1) is 11.1 Å². The zero-order valence-electron chi connectivity index (χ0n) is 16.4. The average molecular weight is 488 g/mol. The number of esters is 1. The maximum absolute atomic E-state index is 12.4. The maximum Gasteiger partial charge on any atom is 0.308 e. The van der Waals surface area contributed by atoms with E-state index in [1.807, 2.05) is 0 Å². The van der Waals surface area contributed by atoms with Crippen molar-refractivity contribution in [3.8, 4) is 5.75 Å². The van der Waals surface area contributed by atoms with Gasteiger partial charge in [-0.05, 0) is 36.4 Å². The molecule has 1 heterocycles.